The van der Waals surface area contributed by atoms with E-state index in [-0.39, 0.29) is 4.90 Å². The van der Waals surface area contributed by atoms with Crippen molar-refractivity contribution in [1.82, 2.24) is 4.98 Å². The summed E-state index contributed by atoms with van der Waals surface area (Å²) in [6.07, 6.45) is 1.23. The number of halogens is 1. The van der Waals surface area contributed by atoms with Crippen molar-refractivity contribution >= 4 is 38.1 Å². The molecule has 1 saturated heterocycles. The Kier molecular flexibility index (Phi) is 5.90. The minimum atomic E-state index is -3.73. The zero-order chi connectivity index (χ0) is 21.5. The molecular weight excluding hydrogens is 438 g/mol. The minimum Gasteiger partial charge on any atom is -0.348 e. The number of nitrogens with zero attached hydrogens (tertiary/aromatic N) is 2. The summed E-state index contributed by atoms with van der Waals surface area (Å²) in [5.74, 6) is 1.24. The van der Waals surface area contributed by atoms with Crippen LogP contribution in [0.15, 0.2) is 53.4 Å². The summed E-state index contributed by atoms with van der Waals surface area (Å²) in [4.78, 5) is 8.47. The van der Waals surface area contributed by atoms with Gasteiger partial charge in [0, 0.05) is 23.7 Å². The lowest BCUT2D eigenvalue weighted by atomic mass is 9.92. The first-order chi connectivity index (χ1) is 14.2. The largest absolute Gasteiger partial charge is 0.348 e. The molecule has 0 bridgehead atoms. The maximum atomic E-state index is 11.6. The van der Waals surface area contributed by atoms with Crippen LogP contribution in [0.4, 0.5) is 5.13 Å². The summed E-state index contributed by atoms with van der Waals surface area (Å²) in [6.45, 7) is 6.54. The van der Waals surface area contributed by atoms with Gasteiger partial charge in [-0.25, -0.2) is 18.5 Å². The van der Waals surface area contributed by atoms with Gasteiger partial charge in [0.15, 0.2) is 5.13 Å². The number of nitrogens with two attached hydrogens (primary N) is 1. The molecule has 0 amide bonds. The normalized spacial score (nSPS) is 19.8. The lowest BCUT2D eigenvalue weighted by Gasteiger charge is -2.34. The van der Waals surface area contributed by atoms with Crippen LogP contribution in [0.1, 0.15) is 20.3 Å². The molecule has 2 aromatic carbocycles. The van der Waals surface area contributed by atoms with Crippen LogP contribution in [0.2, 0.25) is 5.02 Å². The predicted octanol–water partition coefficient (Wildman–Crippen LogP) is 5.26. The molecule has 2 N–H and O–H groups in total. The van der Waals surface area contributed by atoms with Crippen LogP contribution in [-0.4, -0.2) is 26.5 Å². The van der Waals surface area contributed by atoms with E-state index in [1.165, 1.54) is 6.42 Å². The van der Waals surface area contributed by atoms with Crippen molar-refractivity contribution in [3.63, 3.8) is 0 Å². The van der Waals surface area contributed by atoms with Gasteiger partial charge < -0.3 is 4.90 Å². The number of piperidine rings is 1. The van der Waals surface area contributed by atoms with Crippen molar-refractivity contribution in [3.8, 4) is 21.7 Å². The van der Waals surface area contributed by atoms with Gasteiger partial charge in [-0.1, -0.05) is 61.1 Å². The summed E-state index contributed by atoms with van der Waals surface area (Å²) >= 11 is 7.72. The molecule has 0 spiro atoms. The Hall–Kier alpha value is -1.93. The summed E-state index contributed by atoms with van der Waals surface area (Å²) in [7, 11) is -3.73. The molecule has 2 atom stereocenters. The van der Waals surface area contributed by atoms with Crippen molar-refractivity contribution < 1.29 is 8.42 Å². The fraction of sp³-hybridized carbons (Fsp3) is 0.318. The third kappa shape index (κ3) is 4.54. The maximum Gasteiger partial charge on any atom is 0.238 e. The minimum absolute atomic E-state index is 0.0997. The van der Waals surface area contributed by atoms with E-state index in [2.05, 4.69) is 18.7 Å². The third-order valence-corrected chi connectivity index (χ3v) is 7.66. The van der Waals surface area contributed by atoms with E-state index in [0.29, 0.717) is 16.9 Å². The van der Waals surface area contributed by atoms with E-state index < -0.39 is 10.0 Å². The topological polar surface area (TPSA) is 76.3 Å². The van der Waals surface area contributed by atoms with Gasteiger partial charge in [-0.3, -0.25) is 0 Å². The lowest BCUT2D eigenvalue weighted by molar-refractivity contribution is 0.356. The SMILES string of the molecule is CC1CC(C)CN(c2nc(-c3ccc(Cl)cc3)c(-c3ccc(S(N)(=O)=O)cc3)s2)C1. The number of anilines is 1. The monoisotopic (exact) mass is 461 g/mol. The summed E-state index contributed by atoms with van der Waals surface area (Å²) in [6, 6.07) is 14.3. The number of hydrogen-bond donors (Lipinski definition) is 1. The number of benzene rings is 2. The van der Waals surface area contributed by atoms with E-state index >= 15 is 0 Å². The van der Waals surface area contributed by atoms with Gasteiger partial charge in [-0.05, 0) is 48.1 Å². The van der Waals surface area contributed by atoms with E-state index in [1.807, 2.05) is 24.3 Å². The van der Waals surface area contributed by atoms with Crippen molar-refractivity contribution in [3.05, 3.63) is 53.6 Å². The average molecular weight is 462 g/mol. The summed E-state index contributed by atoms with van der Waals surface area (Å²) in [5, 5.41) is 6.91. The fourth-order valence-electron chi connectivity index (χ4n) is 4.06. The smallest absolute Gasteiger partial charge is 0.238 e. The molecule has 4 rings (SSSR count). The molecule has 3 aromatic rings. The Bertz CT molecular complexity index is 1130. The Morgan fingerprint density at radius 2 is 1.57 bits per heavy atom. The molecule has 0 aliphatic carbocycles. The van der Waals surface area contributed by atoms with Gasteiger partial charge in [0.2, 0.25) is 10.0 Å². The van der Waals surface area contributed by atoms with Crippen LogP contribution >= 0.6 is 22.9 Å². The van der Waals surface area contributed by atoms with Crippen molar-refractivity contribution in [2.75, 3.05) is 18.0 Å². The number of rotatable bonds is 4. The number of sulfonamides is 1. The molecule has 1 aliphatic heterocycles. The lowest BCUT2D eigenvalue weighted by Crippen LogP contribution is -2.38. The molecule has 5 nitrogen and oxygen atoms in total. The number of primary sulfonamides is 1. The second kappa shape index (κ2) is 8.30. The molecule has 30 heavy (non-hydrogen) atoms. The van der Waals surface area contributed by atoms with Gasteiger partial charge in [0.05, 0.1) is 15.5 Å². The number of aromatic nitrogens is 1. The zero-order valence-corrected chi connectivity index (χ0v) is 19.3. The Morgan fingerprint density at radius 1 is 1.00 bits per heavy atom. The van der Waals surface area contributed by atoms with Crippen molar-refractivity contribution in [2.24, 2.45) is 17.0 Å². The molecule has 158 valence electrons. The van der Waals surface area contributed by atoms with Gasteiger partial charge in [-0.15, -0.1) is 0 Å². The van der Waals surface area contributed by atoms with Crippen LogP contribution in [0.25, 0.3) is 21.7 Å². The quantitative estimate of drug-likeness (QED) is 0.574. The van der Waals surface area contributed by atoms with Crippen LogP contribution in [0, 0.1) is 11.8 Å². The molecule has 8 heteroatoms. The Morgan fingerprint density at radius 3 is 2.13 bits per heavy atom. The highest BCUT2D eigenvalue weighted by Crippen LogP contribution is 2.42. The maximum absolute atomic E-state index is 11.6. The first-order valence-corrected chi connectivity index (χ1v) is 12.6. The molecule has 1 fully saturated rings. The Balaban J connectivity index is 1.79. The van der Waals surface area contributed by atoms with E-state index in [4.69, 9.17) is 21.7 Å². The van der Waals surface area contributed by atoms with Gasteiger partial charge in [-0.2, -0.15) is 0 Å². The second-order valence-corrected chi connectivity index (χ2v) is 11.1. The average Bonchev–Trinajstić information content (AvgIpc) is 3.13. The fourth-order valence-corrected chi connectivity index (χ4v) is 5.81. The first-order valence-electron chi connectivity index (χ1n) is 9.85. The van der Waals surface area contributed by atoms with Gasteiger partial charge in [0.1, 0.15) is 0 Å². The van der Waals surface area contributed by atoms with Crippen LogP contribution in [0.5, 0.6) is 0 Å². The molecule has 0 saturated carbocycles. The first kappa shape index (κ1) is 21.3. The number of hydrogen-bond acceptors (Lipinski definition) is 5. The van der Waals surface area contributed by atoms with Crippen molar-refractivity contribution in [2.45, 2.75) is 25.2 Å². The third-order valence-electron chi connectivity index (χ3n) is 5.32. The highest BCUT2D eigenvalue weighted by molar-refractivity contribution is 7.89. The van der Waals surface area contributed by atoms with Crippen LogP contribution in [-0.2, 0) is 10.0 Å². The second-order valence-electron chi connectivity index (χ2n) is 8.10. The van der Waals surface area contributed by atoms with Gasteiger partial charge >= 0.3 is 0 Å². The van der Waals surface area contributed by atoms with Gasteiger partial charge in [0.25, 0.3) is 0 Å². The van der Waals surface area contributed by atoms with Crippen molar-refractivity contribution in [1.29, 1.82) is 0 Å². The molecule has 2 heterocycles. The Labute approximate surface area is 186 Å². The molecule has 0 radical (unpaired) electrons. The standard InChI is InChI=1S/C22H24ClN3O2S2/c1-14-11-15(2)13-26(12-14)22-25-20(16-3-7-18(23)8-4-16)21(29-22)17-5-9-19(10-6-17)30(24,27)28/h3-10,14-15H,11-13H2,1-2H3,(H2,24,27,28). The predicted molar refractivity (Wildman–Crippen MR) is 125 cm³/mol. The summed E-state index contributed by atoms with van der Waals surface area (Å²) in [5.41, 5.74) is 2.76. The molecule has 1 aromatic heterocycles. The highest BCUT2D eigenvalue weighted by Gasteiger charge is 2.26. The van der Waals surface area contributed by atoms with E-state index in [9.17, 15) is 8.42 Å². The van der Waals surface area contributed by atoms with Crippen LogP contribution in [0.3, 0.4) is 0 Å². The molecule has 2 unspecified atom stereocenters. The molecule has 1 aliphatic rings. The van der Waals surface area contributed by atoms with Crippen LogP contribution < -0.4 is 10.0 Å². The molecular formula is C22H24ClN3O2S2. The number of thiazole rings is 1. The van der Waals surface area contributed by atoms with E-state index in [1.54, 1.807) is 35.6 Å². The summed E-state index contributed by atoms with van der Waals surface area (Å²) < 4.78 is 23.2. The zero-order valence-electron chi connectivity index (χ0n) is 16.9. The van der Waals surface area contributed by atoms with E-state index in [0.717, 1.165) is 39.9 Å². The highest BCUT2D eigenvalue weighted by atomic mass is 35.5.